The first-order chi connectivity index (χ1) is 9.20. The number of alkyl halides is 3. The van der Waals surface area contributed by atoms with Crippen LogP contribution >= 0.6 is 11.8 Å². The maximum Gasteiger partial charge on any atom is 0.441 e. The summed E-state index contributed by atoms with van der Waals surface area (Å²) in [6.45, 7) is 10.7. The first-order valence-electron chi connectivity index (χ1n) is 7.41. The second kappa shape index (κ2) is 6.88. The van der Waals surface area contributed by atoms with Crippen LogP contribution in [0.25, 0.3) is 0 Å². The standard InChI is InChI=1S/C14H27F3N2S/c1-5-12(4)11-19(8-9-20-14(15,16)17)13(6-2,7-3)10-18-12/h18H,5-11H2,1-4H3. The number of nitrogens with one attached hydrogen (secondary N) is 1. The monoisotopic (exact) mass is 312 g/mol. The number of piperazine rings is 1. The van der Waals surface area contributed by atoms with E-state index in [0.717, 1.165) is 32.4 Å². The average Bonchev–Trinajstić information content (AvgIpc) is 2.38. The molecule has 2 nitrogen and oxygen atoms in total. The summed E-state index contributed by atoms with van der Waals surface area (Å²) >= 11 is 0.0946. The summed E-state index contributed by atoms with van der Waals surface area (Å²) in [7, 11) is 0. The lowest BCUT2D eigenvalue weighted by Crippen LogP contribution is -2.69. The molecule has 0 aromatic carbocycles. The Morgan fingerprint density at radius 2 is 1.75 bits per heavy atom. The highest BCUT2D eigenvalue weighted by molar-refractivity contribution is 8.00. The summed E-state index contributed by atoms with van der Waals surface area (Å²) in [6, 6.07) is 0. The SMILES string of the molecule is CCC1(C)CN(CCSC(F)(F)F)C(CC)(CC)CN1. The maximum atomic E-state index is 12.3. The Balaban J connectivity index is 2.72. The molecule has 120 valence electrons. The zero-order valence-corrected chi connectivity index (χ0v) is 13.8. The number of rotatable bonds is 6. The zero-order valence-electron chi connectivity index (χ0n) is 12.9. The molecule has 1 aliphatic heterocycles. The van der Waals surface area contributed by atoms with Crippen molar-refractivity contribution in [2.45, 2.75) is 63.5 Å². The van der Waals surface area contributed by atoms with Crippen LogP contribution in [0.4, 0.5) is 13.2 Å². The van der Waals surface area contributed by atoms with Gasteiger partial charge in [0.05, 0.1) is 0 Å². The molecule has 0 aromatic heterocycles. The molecule has 0 radical (unpaired) electrons. The Hall–Kier alpha value is 0.0600. The van der Waals surface area contributed by atoms with Gasteiger partial charge >= 0.3 is 5.51 Å². The molecule has 0 spiro atoms. The second-order valence-electron chi connectivity index (χ2n) is 5.91. The third kappa shape index (κ3) is 4.53. The molecule has 0 aliphatic carbocycles. The van der Waals surface area contributed by atoms with Crippen LogP contribution in [0.5, 0.6) is 0 Å². The fourth-order valence-electron chi connectivity index (χ4n) is 2.91. The van der Waals surface area contributed by atoms with Gasteiger partial charge in [-0.05, 0) is 37.9 Å². The molecule has 0 saturated carbocycles. The quantitative estimate of drug-likeness (QED) is 0.801. The van der Waals surface area contributed by atoms with Gasteiger partial charge in [0.1, 0.15) is 0 Å². The van der Waals surface area contributed by atoms with Crippen LogP contribution < -0.4 is 5.32 Å². The van der Waals surface area contributed by atoms with Crippen LogP contribution in [-0.2, 0) is 0 Å². The van der Waals surface area contributed by atoms with E-state index in [4.69, 9.17) is 0 Å². The normalized spacial score (nSPS) is 27.8. The smallest absolute Gasteiger partial charge is 0.308 e. The van der Waals surface area contributed by atoms with Gasteiger partial charge < -0.3 is 5.32 Å². The van der Waals surface area contributed by atoms with E-state index in [1.54, 1.807) is 0 Å². The molecular weight excluding hydrogens is 285 g/mol. The van der Waals surface area contributed by atoms with E-state index in [9.17, 15) is 13.2 Å². The summed E-state index contributed by atoms with van der Waals surface area (Å²) in [5, 5.41) is 3.60. The molecule has 6 heteroatoms. The molecule has 1 saturated heterocycles. The first-order valence-corrected chi connectivity index (χ1v) is 8.39. The van der Waals surface area contributed by atoms with Gasteiger partial charge in [0.2, 0.25) is 0 Å². The number of hydrogen-bond donors (Lipinski definition) is 1. The lowest BCUT2D eigenvalue weighted by Gasteiger charge is -2.53. The molecule has 1 heterocycles. The minimum atomic E-state index is -4.12. The number of nitrogens with zero attached hydrogens (tertiary/aromatic N) is 1. The predicted molar refractivity (Wildman–Crippen MR) is 80.1 cm³/mol. The van der Waals surface area contributed by atoms with Gasteiger partial charge in [-0.2, -0.15) is 13.2 Å². The third-order valence-corrected chi connectivity index (χ3v) is 5.49. The van der Waals surface area contributed by atoms with E-state index >= 15 is 0 Å². The third-order valence-electron chi connectivity index (χ3n) is 4.78. The number of thioether (sulfide) groups is 1. The minimum absolute atomic E-state index is 0.000832. The van der Waals surface area contributed by atoms with Crippen molar-refractivity contribution in [3.8, 4) is 0 Å². The van der Waals surface area contributed by atoms with E-state index in [1.807, 2.05) is 0 Å². The van der Waals surface area contributed by atoms with Crippen LogP contribution in [0.1, 0.15) is 47.0 Å². The highest BCUT2D eigenvalue weighted by Gasteiger charge is 2.42. The van der Waals surface area contributed by atoms with Crippen molar-refractivity contribution in [2.75, 3.05) is 25.4 Å². The molecule has 1 fully saturated rings. The lowest BCUT2D eigenvalue weighted by molar-refractivity contribution is -0.0335. The van der Waals surface area contributed by atoms with Crippen LogP contribution in [-0.4, -0.2) is 46.9 Å². The van der Waals surface area contributed by atoms with Crippen molar-refractivity contribution in [1.82, 2.24) is 10.2 Å². The molecule has 0 aromatic rings. The fourth-order valence-corrected chi connectivity index (χ4v) is 3.45. The summed E-state index contributed by atoms with van der Waals surface area (Å²) in [6.07, 6.45) is 2.92. The molecule has 1 aliphatic rings. The fraction of sp³-hybridized carbons (Fsp3) is 1.00. The van der Waals surface area contributed by atoms with E-state index in [-0.39, 0.29) is 28.6 Å². The minimum Gasteiger partial charge on any atom is -0.308 e. The lowest BCUT2D eigenvalue weighted by atomic mass is 9.83. The molecule has 0 amide bonds. The van der Waals surface area contributed by atoms with Crippen LogP contribution in [0.3, 0.4) is 0 Å². The largest absolute Gasteiger partial charge is 0.441 e. The van der Waals surface area contributed by atoms with Gasteiger partial charge in [0, 0.05) is 36.5 Å². The molecule has 1 rings (SSSR count). The van der Waals surface area contributed by atoms with Crippen LogP contribution in [0, 0.1) is 0 Å². The van der Waals surface area contributed by atoms with E-state index in [2.05, 4.69) is 37.9 Å². The number of halogens is 3. The Labute approximate surface area is 124 Å². The average molecular weight is 312 g/mol. The Kier molecular flexibility index (Phi) is 6.23. The van der Waals surface area contributed by atoms with Gasteiger partial charge in [-0.3, -0.25) is 4.90 Å². The van der Waals surface area contributed by atoms with Gasteiger partial charge in [-0.15, -0.1) is 0 Å². The van der Waals surface area contributed by atoms with E-state index < -0.39 is 5.51 Å². The summed E-state index contributed by atoms with van der Waals surface area (Å²) < 4.78 is 36.9. The van der Waals surface area contributed by atoms with Crippen molar-refractivity contribution >= 4 is 11.8 Å². The van der Waals surface area contributed by atoms with Crippen molar-refractivity contribution < 1.29 is 13.2 Å². The van der Waals surface area contributed by atoms with Gasteiger partial charge in [-0.25, -0.2) is 0 Å². The van der Waals surface area contributed by atoms with Gasteiger partial charge in [0.25, 0.3) is 0 Å². The Bertz CT molecular complexity index is 305. The summed E-state index contributed by atoms with van der Waals surface area (Å²) in [4.78, 5) is 2.28. The Morgan fingerprint density at radius 1 is 1.15 bits per heavy atom. The molecular formula is C14H27F3N2S. The molecule has 0 bridgehead atoms. The molecule has 1 unspecified atom stereocenters. The molecule has 20 heavy (non-hydrogen) atoms. The summed E-state index contributed by atoms with van der Waals surface area (Å²) in [5.74, 6) is 0.116. The topological polar surface area (TPSA) is 15.3 Å². The first kappa shape index (κ1) is 18.1. The highest BCUT2D eigenvalue weighted by atomic mass is 32.2. The zero-order chi connectivity index (χ0) is 15.4. The maximum absolute atomic E-state index is 12.3. The van der Waals surface area contributed by atoms with Gasteiger partial charge in [0.15, 0.2) is 0 Å². The van der Waals surface area contributed by atoms with E-state index in [1.165, 1.54) is 0 Å². The second-order valence-corrected chi connectivity index (χ2v) is 7.07. The molecule has 1 N–H and O–H groups in total. The van der Waals surface area contributed by atoms with Crippen molar-refractivity contribution in [3.05, 3.63) is 0 Å². The highest BCUT2D eigenvalue weighted by Crippen LogP contribution is 2.34. The van der Waals surface area contributed by atoms with Crippen molar-refractivity contribution in [2.24, 2.45) is 0 Å². The van der Waals surface area contributed by atoms with Crippen LogP contribution in [0.2, 0.25) is 0 Å². The van der Waals surface area contributed by atoms with Crippen molar-refractivity contribution in [3.63, 3.8) is 0 Å². The van der Waals surface area contributed by atoms with Gasteiger partial charge in [-0.1, -0.05) is 20.8 Å². The Morgan fingerprint density at radius 3 is 2.20 bits per heavy atom. The molecule has 1 atom stereocenters. The van der Waals surface area contributed by atoms with E-state index in [0.29, 0.717) is 6.54 Å². The van der Waals surface area contributed by atoms with Crippen molar-refractivity contribution in [1.29, 1.82) is 0 Å². The predicted octanol–water partition coefficient (Wildman–Crippen LogP) is 3.87. The summed E-state index contributed by atoms with van der Waals surface area (Å²) in [5.41, 5.74) is -4.11. The number of hydrogen-bond acceptors (Lipinski definition) is 3. The van der Waals surface area contributed by atoms with Crippen LogP contribution in [0.15, 0.2) is 0 Å².